The van der Waals surface area contributed by atoms with Crippen LogP contribution in [0.1, 0.15) is 19.3 Å². The Bertz CT molecular complexity index is 994. The third-order valence-corrected chi connectivity index (χ3v) is 5.36. The summed E-state index contributed by atoms with van der Waals surface area (Å²) in [4.78, 5) is 20.8. The molecule has 0 radical (unpaired) electrons. The molecule has 0 saturated carbocycles. The summed E-state index contributed by atoms with van der Waals surface area (Å²) in [6.45, 7) is 0.411. The van der Waals surface area contributed by atoms with E-state index >= 15 is 0 Å². The molecule has 1 heterocycles. The highest BCUT2D eigenvalue weighted by atomic mass is 35.5. The van der Waals surface area contributed by atoms with Crippen molar-refractivity contribution < 1.29 is 9.53 Å². The molecular formula is C22H30ClN9O2. The number of urea groups is 1. The topological polar surface area (TPSA) is 164 Å². The van der Waals surface area contributed by atoms with Crippen molar-refractivity contribution in [1.82, 2.24) is 21.5 Å². The molecule has 1 aliphatic heterocycles. The maximum Gasteiger partial charge on any atom is 0.321 e. The fourth-order valence-electron chi connectivity index (χ4n) is 3.23. The minimum Gasteiger partial charge on any atom is -0.470 e. The number of amidine groups is 1. The van der Waals surface area contributed by atoms with Crippen LogP contribution in [0.25, 0.3) is 0 Å². The van der Waals surface area contributed by atoms with Gasteiger partial charge in [0.25, 0.3) is 0 Å². The third kappa shape index (κ3) is 7.78. The van der Waals surface area contributed by atoms with Crippen LogP contribution < -0.4 is 33.1 Å². The molecule has 0 fully saturated rings. The van der Waals surface area contributed by atoms with Crippen molar-refractivity contribution in [2.24, 2.45) is 26.7 Å². The zero-order chi connectivity index (χ0) is 24.3. The van der Waals surface area contributed by atoms with Crippen LogP contribution in [-0.4, -0.2) is 54.8 Å². The Kier molecular flexibility index (Phi) is 9.30. The number of aliphatic imine (C=N–C) groups is 2. The quantitative estimate of drug-likeness (QED) is 0.108. The number of hydrazine groups is 1. The Hall–Kier alpha value is -3.57. The third-order valence-electron chi connectivity index (χ3n) is 5.04. The van der Waals surface area contributed by atoms with E-state index in [0.29, 0.717) is 31.2 Å². The SMILES string of the molecule is CNC(=O)NC(=NCC1=CCC(Cl)C=C1)NC1=CCC(OC2=NC(/C(N)=N/NN)CC=C2)C=C1. The van der Waals surface area contributed by atoms with Crippen molar-refractivity contribution in [3.8, 4) is 0 Å². The lowest BCUT2D eigenvalue weighted by Crippen LogP contribution is -2.44. The molecule has 2 amide bonds. The highest BCUT2D eigenvalue weighted by Crippen LogP contribution is 2.17. The first kappa shape index (κ1) is 25.1. The fourth-order valence-corrected chi connectivity index (χ4v) is 3.39. The molecule has 0 saturated heterocycles. The summed E-state index contributed by atoms with van der Waals surface area (Å²) >= 11 is 6.07. The van der Waals surface area contributed by atoms with Gasteiger partial charge < -0.3 is 21.1 Å². The van der Waals surface area contributed by atoms with E-state index in [0.717, 1.165) is 17.7 Å². The monoisotopic (exact) mass is 487 g/mol. The minimum atomic E-state index is -0.369. The smallest absolute Gasteiger partial charge is 0.321 e. The van der Waals surface area contributed by atoms with Crippen LogP contribution in [0.5, 0.6) is 0 Å². The molecule has 0 bridgehead atoms. The van der Waals surface area contributed by atoms with Gasteiger partial charge in [-0.15, -0.1) is 16.7 Å². The number of guanidine groups is 1. The van der Waals surface area contributed by atoms with Crippen molar-refractivity contribution >= 4 is 35.3 Å². The lowest BCUT2D eigenvalue weighted by atomic mass is 10.1. The van der Waals surface area contributed by atoms with Crippen LogP contribution in [0.3, 0.4) is 0 Å². The van der Waals surface area contributed by atoms with Gasteiger partial charge in [0, 0.05) is 19.2 Å². The summed E-state index contributed by atoms with van der Waals surface area (Å²) in [7, 11) is 1.54. The van der Waals surface area contributed by atoms with Crippen LogP contribution in [0.2, 0.25) is 0 Å². The summed E-state index contributed by atoms with van der Waals surface area (Å²) in [5.41, 5.74) is 9.86. The largest absolute Gasteiger partial charge is 0.470 e. The predicted octanol–water partition coefficient (Wildman–Crippen LogP) is 1.05. The van der Waals surface area contributed by atoms with E-state index in [4.69, 9.17) is 27.9 Å². The second kappa shape index (κ2) is 12.6. The van der Waals surface area contributed by atoms with E-state index in [-0.39, 0.29) is 29.4 Å². The lowest BCUT2D eigenvalue weighted by Gasteiger charge is -2.22. The van der Waals surface area contributed by atoms with Gasteiger partial charge >= 0.3 is 6.03 Å². The van der Waals surface area contributed by atoms with Gasteiger partial charge in [-0.3, -0.25) is 5.32 Å². The number of hydrogen-bond acceptors (Lipinski definition) is 7. The molecule has 3 aliphatic rings. The molecule has 0 aromatic heterocycles. The van der Waals surface area contributed by atoms with E-state index in [1.54, 1.807) is 7.05 Å². The molecule has 0 aromatic rings. The van der Waals surface area contributed by atoms with Gasteiger partial charge in [0.15, 0.2) is 0 Å². The molecule has 0 spiro atoms. The molecule has 2 aliphatic carbocycles. The molecule has 8 N–H and O–H groups in total. The zero-order valence-electron chi connectivity index (χ0n) is 18.9. The van der Waals surface area contributed by atoms with Crippen molar-refractivity contribution in [1.29, 1.82) is 0 Å². The minimum absolute atomic E-state index is 0.0106. The second-order valence-corrected chi connectivity index (χ2v) is 8.14. The van der Waals surface area contributed by atoms with Crippen molar-refractivity contribution in [3.63, 3.8) is 0 Å². The Labute approximate surface area is 203 Å². The molecule has 0 aromatic carbocycles. The Balaban J connectivity index is 1.58. The fraction of sp³-hybridized carbons (Fsp3) is 0.364. The molecule has 3 unspecified atom stereocenters. The maximum absolute atomic E-state index is 11.9. The van der Waals surface area contributed by atoms with Gasteiger partial charge in [0.05, 0.1) is 11.9 Å². The van der Waals surface area contributed by atoms with Crippen LogP contribution in [0, 0.1) is 0 Å². The van der Waals surface area contributed by atoms with Crippen LogP contribution in [0.4, 0.5) is 4.79 Å². The molecule has 34 heavy (non-hydrogen) atoms. The number of ether oxygens (including phenoxy) is 1. The van der Waals surface area contributed by atoms with Gasteiger partial charge in [-0.05, 0) is 36.6 Å². The number of alkyl halides is 1. The number of nitrogens with zero attached hydrogens (tertiary/aromatic N) is 3. The Morgan fingerprint density at radius 2 is 2.09 bits per heavy atom. The van der Waals surface area contributed by atoms with Crippen LogP contribution in [-0.2, 0) is 4.74 Å². The first-order valence-electron chi connectivity index (χ1n) is 10.9. The number of nitrogens with one attached hydrogen (secondary N) is 4. The number of carbonyl (C=O) groups excluding carboxylic acids is 1. The first-order valence-corrected chi connectivity index (χ1v) is 11.3. The number of rotatable bonds is 6. The summed E-state index contributed by atoms with van der Waals surface area (Å²) < 4.78 is 5.97. The number of hydrazone groups is 1. The van der Waals surface area contributed by atoms with E-state index in [9.17, 15) is 4.79 Å². The number of hydrogen-bond donors (Lipinski definition) is 6. The Morgan fingerprint density at radius 1 is 1.24 bits per heavy atom. The van der Waals surface area contributed by atoms with Gasteiger partial charge in [0.1, 0.15) is 18.0 Å². The Morgan fingerprint density at radius 3 is 2.76 bits per heavy atom. The summed E-state index contributed by atoms with van der Waals surface area (Å²) in [6.07, 6.45) is 17.2. The van der Waals surface area contributed by atoms with Crippen LogP contribution in [0.15, 0.2) is 75.0 Å². The number of dihydropyridines is 1. The molecule has 182 valence electrons. The molecule has 3 atom stereocenters. The van der Waals surface area contributed by atoms with Gasteiger partial charge in [-0.1, -0.05) is 30.4 Å². The molecular weight excluding hydrogens is 458 g/mol. The summed E-state index contributed by atoms with van der Waals surface area (Å²) in [6, 6.07) is -0.693. The number of halogens is 1. The number of allylic oxidation sites excluding steroid dienone is 3. The van der Waals surface area contributed by atoms with Gasteiger partial charge in [-0.2, -0.15) is 0 Å². The normalized spacial score (nSPS) is 24.6. The van der Waals surface area contributed by atoms with Gasteiger partial charge in [0.2, 0.25) is 11.9 Å². The van der Waals surface area contributed by atoms with Gasteiger partial charge in [-0.25, -0.2) is 26.2 Å². The summed E-state index contributed by atoms with van der Waals surface area (Å²) in [5, 5.41) is 12.2. The van der Waals surface area contributed by atoms with Crippen LogP contribution >= 0.6 is 11.6 Å². The highest BCUT2D eigenvalue weighted by molar-refractivity contribution is 6.22. The number of nitrogens with two attached hydrogens (primary N) is 2. The number of amides is 2. The van der Waals surface area contributed by atoms with E-state index < -0.39 is 0 Å². The highest BCUT2D eigenvalue weighted by Gasteiger charge is 2.19. The maximum atomic E-state index is 11.9. The van der Waals surface area contributed by atoms with Crippen molar-refractivity contribution in [2.75, 3.05) is 13.6 Å². The zero-order valence-corrected chi connectivity index (χ0v) is 19.6. The predicted molar refractivity (Wildman–Crippen MR) is 135 cm³/mol. The molecule has 12 heteroatoms. The van der Waals surface area contributed by atoms with Crippen molar-refractivity contribution in [3.05, 3.63) is 59.9 Å². The van der Waals surface area contributed by atoms with E-state index in [1.807, 2.05) is 48.6 Å². The average Bonchev–Trinajstić information content (AvgIpc) is 2.85. The standard InChI is InChI=1S/C22H30ClN9O2/c1-26-22(33)30-21(27-13-14-5-7-15(23)8-6-14)28-16-9-11-17(12-10-16)34-19-4-2-3-18(29-19)20(24)31-32-25/h2,4-7,9-11,15,17-18,32H,3,8,12-13,25H2,1H3,(H2,24,31)(H3,26,27,28,30,33). The van der Waals surface area contributed by atoms with E-state index in [1.165, 1.54) is 0 Å². The lowest BCUT2D eigenvalue weighted by molar-refractivity contribution is 0.237. The number of carbonyl (C=O) groups is 1. The van der Waals surface area contributed by atoms with Crippen molar-refractivity contribution in [2.45, 2.75) is 36.8 Å². The summed E-state index contributed by atoms with van der Waals surface area (Å²) in [5.74, 6) is 6.28. The molecule has 11 nitrogen and oxygen atoms in total. The first-order chi connectivity index (χ1) is 16.5. The second-order valence-electron chi connectivity index (χ2n) is 7.58. The molecule has 3 rings (SSSR count). The van der Waals surface area contributed by atoms with E-state index in [2.05, 4.69) is 36.6 Å². The average molecular weight is 488 g/mol.